The maximum Gasteiger partial charge on any atom is 0.228 e. The van der Waals surface area contributed by atoms with Gasteiger partial charge < -0.3 is 10.6 Å². The molecular formula is C12H18N2O. The molecule has 1 rings (SSSR count). The molecule has 3 nitrogen and oxygen atoms in total. The summed E-state index contributed by atoms with van der Waals surface area (Å²) >= 11 is 0. The summed E-state index contributed by atoms with van der Waals surface area (Å²) in [6.45, 7) is 3.70. The normalized spacial score (nSPS) is 11.2. The highest BCUT2D eigenvalue weighted by Gasteiger charge is 2.19. The summed E-state index contributed by atoms with van der Waals surface area (Å²) < 4.78 is 0. The van der Waals surface area contributed by atoms with Gasteiger partial charge in [0.1, 0.15) is 0 Å². The highest BCUT2D eigenvalue weighted by atomic mass is 16.2. The monoisotopic (exact) mass is 206 g/mol. The minimum absolute atomic E-state index is 0.0358. The Morgan fingerprint density at radius 2 is 1.87 bits per heavy atom. The molecule has 0 atom stereocenters. The Labute approximate surface area is 90.9 Å². The van der Waals surface area contributed by atoms with Crippen LogP contribution in [-0.4, -0.2) is 18.5 Å². The average molecular weight is 206 g/mol. The molecule has 1 aromatic carbocycles. The summed E-state index contributed by atoms with van der Waals surface area (Å²) in [5.41, 5.74) is 6.24. The summed E-state index contributed by atoms with van der Waals surface area (Å²) in [6.07, 6.45) is 0.346. The Morgan fingerprint density at radius 3 is 2.33 bits per heavy atom. The van der Waals surface area contributed by atoms with Crippen molar-refractivity contribution in [3.8, 4) is 0 Å². The zero-order chi connectivity index (χ0) is 11.5. The molecule has 1 aromatic rings. The molecule has 0 spiro atoms. The Kier molecular flexibility index (Phi) is 3.48. The van der Waals surface area contributed by atoms with Gasteiger partial charge in [-0.05, 0) is 26.0 Å². The summed E-state index contributed by atoms with van der Waals surface area (Å²) in [5, 5.41) is 0. The van der Waals surface area contributed by atoms with Crippen LogP contribution in [0.5, 0.6) is 0 Å². The van der Waals surface area contributed by atoms with Gasteiger partial charge in [-0.15, -0.1) is 0 Å². The number of hydrogen-bond donors (Lipinski definition) is 1. The molecule has 82 valence electrons. The van der Waals surface area contributed by atoms with Crippen LogP contribution in [0.15, 0.2) is 30.3 Å². The van der Waals surface area contributed by atoms with E-state index in [9.17, 15) is 4.79 Å². The number of carbonyl (C=O) groups is 1. The number of para-hydroxylation sites is 1. The van der Waals surface area contributed by atoms with Crippen molar-refractivity contribution in [3.05, 3.63) is 30.3 Å². The molecule has 1 amide bonds. The molecule has 0 aliphatic rings. The number of carbonyl (C=O) groups excluding carboxylic acids is 1. The Hall–Kier alpha value is -1.35. The summed E-state index contributed by atoms with van der Waals surface area (Å²) in [5.74, 6) is 0.0358. The second kappa shape index (κ2) is 4.45. The van der Waals surface area contributed by atoms with Crippen LogP contribution in [0.4, 0.5) is 5.69 Å². The number of amides is 1. The van der Waals surface area contributed by atoms with Crippen molar-refractivity contribution in [3.63, 3.8) is 0 Å². The predicted molar refractivity (Wildman–Crippen MR) is 62.7 cm³/mol. The van der Waals surface area contributed by atoms with E-state index >= 15 is 0 Å². The van der Waals surface area contributed by atoms with Gasteiger partial charge in [0.05, 0.1) is 0 Å². The number of hydrogen-bond acceptors (Lipinski definition) is 2. The van der Waals surface area contributed by atoms with Crippen molar-refractivity contribution in [2.45, 2.75) is 25.8 Å². The Bertz CT molecular complexity index is 327. The average Bonchev–Trinajstić information content (AvgIpc) is 2.15. The van der Waals surface area contributed by atoms with Crippen LogP contribution in [0.2, 0.25) is 0 Å². The van der Waals surface area contributed by atoms with E-state index in [1.165, 1.54) is 0 Å². The first-order valence-corrected chi connectivity index (χ1v) is 5.01. The zero-order valence-electron chi connectivity index (χ0n) is 9.53. The summed E-state index contributed by atoms with van der Waals surface area (Å²) in [4.78, 5) is 13.4. The lowest BCUT2D eigenvalue weighted by Crippen LogP contribution is -2.39. The van der Waals surface area contributed by atoms with Crippen molar-refractivity contribution < 1.29 is 4.79 Å². The van der Waals surface area contributed by atoms with Crippen molar-refractivity contribution >= 4 is 11.6 Å². The minimum Gasteiger partial charge on any atom is -0.325 e. The van der Waals surface area contributed by atoms with Gasteiger partial charge in [-0.2, -0.15) is 0 Å². The van der Waals surface area contributed by atoms with Crippen LogP contribution in [0.1, 0.15) is 20.3 Å². The number of nitrogens with zero attached hydrogens (tertiary/aromatic N) is 1. The Morgan fingerprint density at radius 1 is 1.33 bits per heavy atom. The molecule has 0 aliphatic heterocycles. The topological polar surface area (TPSA) is 46.3 Å². The van der Waals surface area contributed by atoms with Gasteiger partial charge in [0.25, 0.3) is 0 Å². The first-order valence-electron chi connectivity index (χ1n) is 5.01. The molecule has 0 aliphatic carbocycles. The molecule has 0 aromatic heterocycles. The lowest BCUT2D eigenvalue weighted by atomic mass is 10.0. The van der Waals surface area contributed by atoms with Gasteiger partial charge in [0, 0.05) is 24.7 Å². The smallest absolute Gasteiger partial charge is 0.228 e. The van der Waals surface area contributed by atoms with Crippen LogP contribution in [0, 0.1) is 0 Å². The molecule has 0 bridgehead atoms. The maximum atomic E-state index is 11.8. The largest absolute Gasteiger partial charge is 0.325 e. The van der Waals surface area contributed by atoms with Gasteiger partial charge in [0.2, 0.25) is 5.91 Å². The second-order valence-electron chi connectivity index (χ2n) is 4.45. The molecule has 15 heavy (non-hydrogen) atoms. The van der Waals surface area contributed by atoms with Gasteiger partial charge in [0.15, 0.2) is 0 Å². The van der Waals surface area contributed by atoms with Gasteiger partial charge >= 0.3 is 0 Å². The quantitative estimate of drug-likeness (QED) is 0.819. The minimum atomic E-state index is -0.458. The predicted octanol–water partition coefficient (Wildman–Crippen LogP) is 1.78. The molecule has 0 radical (unpaired) electrons. The van der Waals surface area contributed by atoms with Gasteiger partial charge in [-0.3, -0.25) is 4.79 Å². The van der Waals surface area contributed by atoms with Crippen LogP contribution in [-0.2, 0) is 4.79 Å². The summed E-state index contributed by atoms with van der Waals surface area (Å²) in [7, 11) is 1.77. The first-order chi connectivity index (χ1) is 6.90. The van der Waals surface area contributed by atoms with E-state index in [0.717, 1.165) is 5.69 Å². The van der Waals surface area contributed by atoms with Gasteiger partial charge in [-0.25, -0.2) is 0 Å². The lowest BCUT2D eigenvalue weighted by Gasteiger charge is -2.23. The number of rotatable bonds is 3. The lowest BCUT2D eigenvalue weighted by molar-refractivity contribution is -0.119. The van der Waals surface area contributed by atoms with Crippen LogP contribution < -0.4 is 10.6 Å². The third-order valence-electron chi connectivity index (χ3n) is 2.12. The molecule has 0 saturated heterocycles. The summed E-state index contributed by atoms with van der Waals surface area (Å²) in [6, 6.07) is 9.55. The van der Waals surface area contributed by atoms with E-state index in [1.807, 2.05) is 44.2 Å². The second-order valence-corrected chi connectivity index (χ2v) is 4.45. The number of anilines is 1. The molecule has 0 fully saturated rings. The molecule has 0 heterocycles. The van der Waals surface area contributed by atoms with E-state index in [-0.39, 0.29) is 5.91 Å². The molecule has 3 heteroatoms. The third kappa shape index (κ3) is 3.72. The molecule has 0 unspecified atom stereocenters. The van der Waals surface area contributed by atoms with E-state index in [0.29, 0.717) is 6.42 Å². The fourth-order valence-electron chi connectivity index (χ4n) is 1.30. The van der Waals surface area contributed by atoms with Crippen LogP contribution in [0.3, 0.4) is 0 Å². The fourth-order valence-corrected chi connectivity index (χ4v) is 1.30. The number of benzene rings is 1. The van der Waals surface area contributed by atoms with E-state index < -0.39 is 5.54 Å². The maximum absolute atomic E-state index is 11.8. The van der Waals surface area contributed by atoms with Crippen LogP contribution >= 0.6 is 0 Å². The Balaban J connectivity index is 2.70. The van der Waals surface area contributed by atoms with E-state index in [4.69, 9.17) is 5.73 Å². The van der Waals surface area contributed by atoms with Crippen molar-refractivity contribution in [2.24, 2.45) is 5.73 Å². The first kappa shape index (κ1) is 11.7. The SMILES string of the molecule is CN(C(=O)CC(C)(C)N)c1ccccc1. The highest BCUT2D eigenvalue weighted by molar-refractivity contribution is 5.93. The molecule has 0 saturated carbocycles. The number of nitrogens with two attached hydrogens (primary N) is 1. The van der Waals surface area contributed by atoms with Gasteiger partial charge in [-0.1, -0.05) is 18.2 Å². The van der Waals surface area contributed by atoms with Crippen molar-refractivity contribution in [2.75, 3.05) is 11.9 Å². The molecular weight excluding hydrogens is 188 g/mol. The standard InChI is InChI=1S/C12H18N2O/c1-12(2,13)9-11(15)14(3)10-7-5-4-6-8-10/h4-8H,9,13H2,1-3H3. The van der Waals surface area contributed by atoms with Crippen molar-refractivity contribution in [1.82, 2.24) is 0 Å². The molecule has 2 N–H and O–H groups in total. The third-order valence-corrected chi connectivity index (χ3v) is 2.12. The van der Waals surface area contributed by atoms with Crippen molar-refractivity contribution in [1.29, 1.82) is 0 Å². The fraction of sp³-hybridized carbons (Fsp3) is 0.417. The van der Waals surface area contributed by atoms with E-state index in [1.54, 1.807) is 11.9 Å². The van der Waals surface area contributed by atoms with E-state index in [2.05, 4.69) is 0 Å². The highest BCUT2D eigenvalue weighted by Crippen LogP contribution is 2.14. The zero-order valence-corrected chi connectivity index (χ0v) is 9.53. The van der Waals surface area contributed by atoms with Crippen LogP contribution in [0.25, 0.3) is 0 Å².